The molecular weight excluding hydrogens is 348 g/mol. The van der Waals surface area contributed by atoms with Crippen LogP contribution in [0, 0.1) is 11.8 Å². The van der Waals surface area contributed by atoms with Crippen LogP contribution in [0.1, 0.15) is 30.6 Å². The van der Waals surface area contributed by atoms with Crippen molar-refractivity contribution in [1.29, 1.82) is 0 Å². The lowest BCUT2D eigenvalue weighted by atomic mass is 9.94. The molecule has 1 fully saturated rings. The Morgan fingerprint density at radius 3 is 2.12 bits per heavy atom. The first kappa shape index (κ1) is 18.6. The van der Waals surface area contributed by atoms with Crippen molar-refractivity contribution in [1.82, 2.24) is 4.31 Å². The molecule has 0 unspecified atom stereocenters. The summed E-state index contributed by atoms with van der Waals surface area (Å²) in [4.78, 5) is 12.5. The first-order chi connectivity index (χ1) is 12.4. The fourth-order valence-corrected chi connectivity index (χ4v) is 5.13. The number of amides is 1. The van der Waals surface area contributed by atoms with Crippen LogP contribution in [-0.4, -0.2) is 31.7 Å². The second kappa shape index (κ2) is 7.60. The van der Waals surface area contributed by atoms with Gasteiger partial charge in [0.2, 0.25) is 10.0 Å². The Bertz CT molecular complexity index is 854. The van der Waals surface area contributed by atoms with E-state index < -0.39 is 10.0 Å². The predicted octanol–water partition coefficient (Wildman–Crippen LogP) is 3.61. The van der Waals surface area contributed by atoms with Crippen LogP contribution in [0.4, 0.5) is 5.69 Å². The molecule has 2 atom stereocenters. The minimum absolute atomic E-state index is 0.232. The molecule has 1 aliphatic rings. The Hall–Kier alpha value is -2.18. The van der Waals surface area contributed by atoms with E-state index in [0.717, 1.165) is 6.42 Å². The Morgan fingerprint density at radius 1 is 0.962 bits per heavy atom. The van der Waals surface area contributed by atoms with Gasteiger partial charge < -0.3 is 5.32 Å². The Morgan fingerprint density at radius 2 is 1.54 bits per heavy atom. The van der Waals surface area contributed by atoms with E-state index in [1.807, 2.05) is 18.2 Å². The lowest BCUT2D eigenvalue weighted by Gasteiger charge is -2.34. The van der Waals surface area contributed by atoms with Gasteiger partial charge in [0, 0.05) is 24.3 Å². The normalized spacial score (nSPS) is 21.3. The van der Waals surface area contributed by atoms with Crippen molar-refractivity contribution >= 4 is 21.6 Å². The largest absolute Gasteiger partial charge is 0.322 e. The second-order valence-corrected chi connectivity index (χ2v) is 9.05. The average Bonchev–Trinajstić information content (AvgIpc) is 2.62. The number of sulfonamides is 1. The third-order valence-electron chi connectivity index (χ3n) is 4.62. The van der Waals surface area contributed by atoms with Crippen molar-refractivity contribution in [3.8, 4) is 0 Å². The molecule has 1 amide bonds. The summed E-state index contributed by atoms with van der Waals surface area (Å²) in [6, 6.07) is 15.3. The SMILES string of the molecule is C[C@H]1C[C@H](C)CN(S(=O)(=O)c2ccc(C(=O)Nc3ccccc3)cc2)C1. The number of carbonyl (C=O) groups excluding carboxylic acids is 1. The molecule has 0 saturated carbocycles. The molecule has 0 aliphatic carbocycles. The highest BCUT2D eigenvalue weighted by atomic mass is 32.2. The fourth-order valence-electron chi connectivity index (χ4n) is 3.45. The van der Waals surface area contributed by atoms with Crippen LogP contribution in [-0.2, 0) is 10.0 Å². The van der Waals surface area contributed by atoms with Crippen molar-refractivity contribution in [2.75, 3.05) is 18.4 Å². The molecule has 2 aromatic rings. The van der Waals surface area contributed by atoms with E-state index in [4.69, 9.17) is 0 Å². The molecule has 138 valence electrons. The number of para-hydroxylation sites is 1. The standard InChI is InChI=1S/C20H24N2O3S/c1-15-12-16(2)14-22(13-15)26(24,25)19-10-8-17(9-11-19)20(23)21-18-6-4-3-5-7-18/h3-11,15-16H,12-14H2,1-2H3,(H,21,23)/t15-,16-/m0/s1. The van der Waals surface area contributed by atoms with Gasteiger partial charge in [-0.1, -0.05) is 32.0 Å². The van der Waals surface area contributed by atoms with Gasteiger partial charge in [-0.2, -0.15) is 4.31 Å². The molecule has 3 rings (SSSR count). The van der Waals surface area contributed by atoms with Crippen LogP contribution in [0.2, 0.25) is 0 Å². The van der Waals surface area contributed by atoms with Gasteiger partial charge in [0.25, 0.3) is 5.91 Å². The maximum Gasteiger partial charge on any atom is 0.255 e. The Labute approximate surface area is 155 Å². The number of hydrogen-bond acceptors (Lipinski definition) is 3. The number of carbonyl (C=O) groups is 1. The van der Waals surface area contributed by atoms with E-state index in [2.05, 4.69) is 19.2 Å². The molecule has 0 spiro atoms. The zero-order valence-electron chi connectivity index (χ0n) is 15.1. The van der Waals surface area contributed by atoms with Gasteiger partial charge in [0.05, 0.1) is 4.90 Å². The van der Waals surface area contributed by atoms with Gasteiger partial charge >= 0.3 is 0 Å². The molecule has 2 aromatic carbocycles. The van der Waals surface area contributed by atoms with Gasteiger partial charge in [0.15, 0.2) is 0 Å². The van der Waals surface area contributed by atoms with Crippen LogP contribution < -0.4 is 5.32 Å². The maximum absolute atomic E-state index is 12.9. The zero-order valence-corrected chi connectivity index (χ0v) is 15.9. The summed E-state index contributed by atoms with van der Waals surface area (Å²) in [7, 11) is -3.53. The summed E-state index contributed by atoms with van der Waals surface area (Å²) in [5, 5.41) is 2.79. The highest BCUT2D eigenvalue weighted by Crippen LogP contribution is 2.26. The highest BCUT2D eigenvalue weighted by Gasteiger charge is 2.31. The number of benzene rings is 2. The minimum Gasteiger partial charge on any atom is -0.322 e. The number of piperidine rings is 1. The first-order valence-electron chi connectivity index (χ1n) is 8.83. The number of anilines is 1. The van der Waals surface area contributed by atoms with Crippen LogP contribution in [0.5, 0.6) is 0 Å². The smallest absolute Gasteiger partial charge is 0.255 e. The van der Waals surface area contributed by atoms with Crippen LogP contribution in [0.15, 0.2) is 59.5 Å². The molecule has 26 heavy (non-hydrogen) atoms. The Kier molecular flexibility index (Phi) is 5.44. The molecule has 0 radical (unpaired) electrons. The minimum atomic E-state index is -3.53. The summed E-state index contributed by atoms with van der Waals surface area (Å²) in [5.74, 6) is 0.439. The first-order valence-corrected chi connectivity index (χ1v) is 10.3. The van der Waals surface area contributed by atoms with Gasteiger partial charge in [-0.3, -0.25) is 4.79 Å². The third kappa shape index (κ3) is 4.14. The molecule has 1 heterocycles. The summed E-state index contributed by atoms with van der Waals surface area (Å²) in [6.45, 7) is 5.25. The summed E-state index contributed by atoms with van der Waals surface area (Å²) < 4.78 is 27.3. The van der Waals surface area contributed by atoms with Crippen molar-refractivity contribution in [3.63, 3.8) is 0 Å². The lowest BCUT2D eigenvalue weighted by Crippen LogP contribution is -2.42. The third-order valence-corrected chi connectivity index (χ3v) is 6.47. The monoisotopic (exact) mass is 372 g/mol. The van der Waals surface area contributed by atoms with Crippen LogP contribution >= 0.6 is 0 Å². The van der Waals surface area contributed by atoms with Gasteiger partial charge in [-0.05, 0) is 54.7 Å². The quantitative estimate of drug-likeness (QED) is 0.892. The molecule has 0 aromatic heterocycles. The number of rotatable bonds is 4. The Balaban J connectivity index is 1.75. The van der Waals surface area contributed by atoms with E-state index in [-0.39, 0.29) is 10.8 Å². The van der Waals surface area contributed by atoms with Crippen molar-refractivity contribution < 1.29 is 13.2 Å². The molecule has 1 N–H and O–H groups in total. The van der Waals surface area contributed by atoms with E-state index in [1.165, 1.54) is 12.1 Å². The molecule has 1 aliphatic heterocycles. The summed E-state index contributed by atoms with van der Waals surface area (Å²) in [6.07, 6.45) is 1.05. The molecule has 6 heteroatoms. The van der Waals surface area contributed by atoms with Gasteiger partial charge in [-0.15, -0.1) is 0 Å². The summed E-state index contributed by atoms with van der Waals surface area (Å²) >= 11 is 0. The molecule has 1 saturated heterocycles. The fraction of sp³-hybridized carbons (Fsp3) is 0.350. The summed E-state index contributed by atoms with van der Waals surface area (Å²) in [5.41, 5.74) is 1.12. The van der Waals surface area contributed by atoms with Crippen molar-refractivity contribution in [2.24, 2.45) is 11.8 Å². The number of nitrogens with zero attached hydrogens (tertiary/aromatic N) is 1. The number of hydrogen-bond donors (Lipinski definition) is 1. The van der Waals surface area contributed by atoms with E-state index in [1.54, 1.807) is 28.6 Å². The van der Waals surface area contributed by atoms with E-state index >= 15 is 0 Å². The van der Waals surface area contributed by atoms with E-state index in [0.29, 0.717) is 36.2 Å². The molecule has 5 nitrogen and oxygen atoms in total. The van der Waals surface area contributed by atoms with Crippen molar-refractivity contribution in [3.05, 3.63) is 60.2 Å². The van der Waals surface area contributed by atoms with Gasteiger partial charge in [0.1, 0.15) is 0 Å². The number of nitrogens with one attached hydrogen (secondary N) is 1. The van der Waals surface area contributed by atoms with E-state index in [9.17, 15) is 13.2 Å². The predicted molar refractivity (Wildman–Crippen MR) is 103 cm³/mol. The average molecular weight is 372 g/mol. The highest BCUT2D eigenvalue weighted by molar-refractivity contribution is 7.89. The maximum atomic E-state index is 12.9. The molecular formula is C20H24N2O3S. The van der Waals surface area contributed by atoms with Gasteiger partial charge in [-0.25, -0.2) is 8.42 Å². The van der Waals surface area contributed by atoms with Crippen LogP contribution in [0.3, 0.4) is 0 Å². The van der Waals surface area contributed by atoms with Crippen LogP contribution in [0.25, 0.3) is 0 Å². The second-order valence-electron chi connectivity index (χ2n) is 7.11. The zero-order chi connectivity index (χ0) is 18.7. The topological polar surface area (TPSA) is 66.5 Å². The van der Waals surface area contributed by atoms with Crippen molar-refractivity contribution in [2.45, 2.75) is 25.2 Å². The molecule has 0 bridgehead atoms. The lowest BCUT2D eigenvalue weighted by molar-refractivity contribution is 0.102.